The molecule has 0 spiro atoms. The second-order valence-corrected chi connectivity index (χ2v) is 9.42. The fraction of sp³-hybridized carbons (Fsp3) is 0. The van der Waals surface area contributed by atoms with E-state index in [2.05, 4.69) is 9.30 Å². The van der Waals surface area contributed by atoms with Crippen LogP contribution in [0.1, 0.15) is 0 Å². The molecule has 0 aromatic heterocycles. The summed E-state index contributed by atoms with van der Waals surface area (Å²) in [5.41, 5.74) is 0. The maximum atomic E-state index is 5.52. The molecule has 1 aliphatic rings. The topological polar surface area (TPSA) is 24.1 Å². The molecule has 0 amide bonds. The predicted octanol–water partition coefficient (Wildman–Crippen LogP) is -0.909. The van der Waals surface area contributed by atoms with E-state index < -0.39 is 7.02 Å². The minimum atomic E-state index is -1.94. The molecule has 0 atom stereocenters. The van der Waals surface area contributed by atoms with Gasteiger partial charge in [-0.05, 0) is 0 Å². The van der Waals surface area contributed by atoms with Crippen LogP contribution in [0.15, 0.2) is 0 Å². The van der Waals surface area contributed by atoms with Crippen molar-refractivity contribution < 1.29 is 0 Å². The largest absolute Gasteiger partial charge is 0.391 e. The van der Waals surface area contributed by atoms with Gasteiger partial charge in [-0.1, -0.05) is 0 Å². The van der Waals surface area contributed by atoms with E-state index in [-0.39, 0.29) is 9.84 Å². The normalized spacial score (nSPS) is 29.0. The highest BCUT2D eigenvalue weighted by Crippen LogP contribution is 2.08. The summed E-state index contributed by atoms with van der Waals surface area (Å²) in [5.74, 6) is 0. The molecule has 6 heavy (non-hydrogen) atoms. The Morgan fingerprint density at radius 3 is 1.67 bits per heavy atom. The van der Waals surface area contributed by atoms with Crippen LogP contribution < -0.4 is 9.30 Å². The van der Waals surface area contributed by atoms with Gasteiger partial charge in [-0.3, -0.25) is 0 Å². The van der Waals surface area contributed by atoms with E-state index in [1.807, 2.05) is 0 Å². The summed E-state index contributed by atoms with van der Waals surface area (Å²) in [5, 5.41) is 0. The first kappa shape index (κ1) is 5.08. The quantitative estimate of drug-likeness (QED) is 0.353. The van der Waals surface area contributed by atoms with Crippen LogP contribution in [0.2, 0.25) is 0 Å². The van der Waals surface area contributed by atoms with Crippen LogP contribution in [-0.2, 0) is 0 Å². The lowest BCUT2D eigenvalue weighted by Gasteiger charge is -2.28. The maximum Gasteiger partial charge on any atom is 0.391 e. The van der Waals surface area contributed by atoms with Gasteiger partial charge >= 0.3 is 7.02 Å². The van der Waals surface area contributed by atoms with Crippen molar-refractivity contribution >= 4 is 39.0 Å². The van der Waals surface area contributed by atoms with E-state index in [0.717, 1.165) is 0 Å². The maximum absolute atomic E-state index is 5.52. The molecule has 0 radical (unpaired) electrons. The highest BCUT2D eigenvalue weighted by molar-refractivity contribution is 7.47. The van der Waals surface area contributed by atoms with E-state index >= 15 is 0 Å². The number of nitrogens with one attached hydrogen (secondary N) is 2. The lowest BCUT2D eigenvalue weighted by atomic mass is 13.7. The van der Waals surface area contributed by atoms with Gasteiger partial charge < -0.3 is 9.30 Å². The van der Waals surface area contributed by atoms with Crippen LogP contribution >= 0.6 is 22.2 Å². The average molecular weight is 159 g/mol. The first-order valence-corrected chi connectivity index (χ1v) is 7.02. The summed E-state index contributed by atoms with van der Waals surface area (Å²) in [6.07, 6.45) is 0. The Balaban J connectivity index is 2.31. The Hall–Kier alpha value is 0.934. The molecule has 0 saturated carbocycles. The van der Waals surface area contributed by atoms with Crippen molar-refractivity contribution in [1.29, 1.82) is 0 Å². The third-order valence-corrected chi connectivity index (χ3v) is 10.4. The molecule has 2 N–H and O–H groups in total. The lowest BCUT2D eigenvalue weighted by molar-refractivity contribution is 1.24. The third-order valence-electron chi connectivity index (χ3n) is 0.621. The molecule has 1 fully saturated rings. The average Bonchev–Trinajstić information content (AvgIpc) is 1.32. The molecule has 0 unspecified atom stereocenters. The zero-order valence-corrected chi connectivity index (χ0v) is 6.89. The van der Waals surface area contributed by atoms with Gasteiger partial charge in [-0.2, -0.15) is 0 Å². The van der Waals surface area contributed by atoms with E-state index in [1.165, 1.54) is 0 Å². The molecule has 0 aromatic rings. The van der Waals surface area contributed by atoms with Crippen molar-refractivity contribution in [3.05, 3.63) is 0 Å². The van der Waals surface area contributed by atoms with Crippen LogP contribution in [0.5, 0.6) is 0 Å². The first-order chi connectivity index (χ1) is 2.71. The van der Waals surface area contributed by atoms with Gasteiger partial charge in [0.1, 0.15) is 0 Å². The molecule has 2 nitrogen and oxygen atoms in total. The molecule has 0 aliphatic carbocycles. The highest BCUT2D eigenvalue weighted by atomic mass is 35.7. The Morgan fingerprint density at radius 2 is 1.67 bits per heavy atom. The summed E-state index contributed by atoms with van der Waals surface area (Å²) in [6, 6.07) is 0. The fourth-order valence-corrected chi connectivity index (χ4v) is 4.40. The summed E-state index contributed by atoms with van der Waals surface area (Å²) < 4.78 is 5.96. The van der Waals surface area contributed by atoms with Crippen LogP contribution in [0, 0.1) is 0 Å². The number of rotatable bonds is 0. The minimum absolute atomic E-state index is 0.201. The van der Waals surface area contributed by atoms with Gasteiger partial charge in [0, 0.05) is 0 Å². The van der Waals surface area contributed by atoms with Gasteiger partial charge in [0.05, 0.1) is 0 Å². The van der Waals surface area contributed by atoms with Crippen molar-refractivity contribution in [3.8, 4) is 0 Å². The Morgan fingerprint density at radius 1 is 1.33 bits per heavy atom. The van der Waals surface area contributed by atoms with E-state index in [1.54, 1.807) is 0 Å². The van der Waals surface area contributed by atoms with Crippen LogP contribution in [0.4, 0.5) is 0 Å². The van der Waals surface area contributed by atoms with Crippen molar-refractivity contribution in [2.45, 2.75) is 0 Å². The summed E-state index contributed by atoms with van der Waals surface area (Å²) in [7, 11) is -2.15. The lowest BCUT2D eigenvalue weighted by Crippen LogP contribution is -2.71. The first-order valence-electron chi connectivity index (χ1n) is 1.59. The van der Waals surface area contributed by atoms with Gasteiger partial charge in [0.2, 0.25) is 0 Å². The molecular formula is H4Cl2N2Si2. The minimum Gasteiger partial charge on any atom is -0.316 e. The van der Waals surface area contributed by atoms with E-state index in [0.29, 0.717) is 0 Å². The zero-order chi connectivity index (χ0) is 4.62. The second-order valence-electron chi connectivity index (χ2n) is 1.10. The molecule has 1 rings (SSSR count). The molecule has 36 valence electrons. The standard InChI is InChI=1S/Cl2H4N2Si2/c1-6(2)3-5-4-6/h3-4H,5H2. The Bertz CT molecular complexity index is 56.6. The SMILES string of the molecule is Cl[Si]1(Cl)N[SiH2]N1. The predicted molar refractivity (Wildman–Crippen MR) is 32.3 cm³/mol. The third kappa shape index (κ3) is 0.957. The second kappa shape index (κ2) is 1.46. The van der Waals surface area contributed by atoms with Crippen LogP contribution in [0.25, 0.3) is 0 Å². The van der Waals surface area contributed by atoms with Gasteiger partial charge in [-0.15, -0.1) is 22.2 Å². The van der Waals surface area contributed by atoms with E-state index in [4.69, 9.17) is 22.2 Å². The number of hydrogen-bond acceptors (Lipinski definition) is 2. The molecule has 6 heteroatoms. The molecule has 0 aromatic carbocycles. The van der Waals surface area contributed by atoms with Gasteiger partial charge in [-0.25, -0.2) is 0 Å². The summed E-state index contributed by atoms with van der Waals surface area (Å²) in [6.45, 7) is 0. The van der Waals surface area contributed by atoms with Crippen molar-refractivity contribution in [2.75, 3.05) is 0 Å². The molecule has 0 bridgehead atoms. The number of halogens is 2. The van der Waals surface area contributed by atoms with Crippen molar-refractivity contribution in [1.82, 2.24) is 9.30 Å². The smallest absolute Gasteiger partial charge is 0.316 e. The number of hydrogen-bond donors (Lipinski definition) is 2. The van der Waals surface area contributed by atoms with Crippen LogP contribution in [-0.4, -0.2) is 16.9 Å². The molecular weight excluding hydrogens is 155 g/mol. The van der Waals surface area contributed by atoms with Crippen LogP contribution in [0.3, 0.4) is 0 Å². The molecule has 1 heterocycles. The fourth-order valence-electron chi connectivity index (χ4n) is 0.222. The van der Waals surface area contributed by atoms with Gasteiger partial charge in [0.15, 0.2) is 9.84 Å². The zero-order valence-electron chi connectivity index (χ0n) is 2.96. The monoisotopic (exact) mass is 158 g/mol. The molecule has 1 saturated heterocycles. The summed E-state index contributed by atoms with van der Waals surface area (Å²) in [4.78, 5) is 0. The Labute approximate surface area is 48.8 Å². The van der Waals surface area contributed by atoms with Crippen molar-refractivity contribution in [2.24, 2.45) is 0 Å². The Kier molecular flexibility index (Phi) is 1.24. The van der Waals surface area contributed by atoms with E-state index in [9.17, 15) is 0 Å². The van der Waals surface area contributed by atoms with Crippen molar-refractivity contribution in [3.63, 3.8) is 0 Å². The summed E-state index contributed by atoms with van der Waals surface area (Å²) >= 11 is 11.0. The molecule has 1 aliphatic heterocycles. The van der Waals surface area contributed by atoms with Gasteiger partial charge in [0.25, 0.3) is 0 Å². The highest BCUT2D eigenvalue weighted by Gasteiger charge is 2.35.